The fourth-order valence-corrected chi connectivity index (χ4v) is 4.95. The second-order valence-electron chi connectivity index (χ2n) is 7.68. The third-order valence-electron chi connectivity index (χ3n) is 5.47. The number of aromatic nitrogens is 1. The highest BCUT2D eigenvalue weighted by Gasteiger charge is 2.29. The summed E-state index contributed by atoms with van der Waals surface area (Å²) in [4.78, 5) is 6.86. The highest BCUT2D eigenvalue weighted by atomic mass is 32.2. The van der Waals surface area contributed by atoms with Gasteiger partial charge in [-0.2, -0.15) is 4.31 Å². The maximum absolute atomic E-state index is 13.0. The van der Waals surface area contributed by atoms with Crippen LogP contribution in [0.4, 0.5) is 0 Å². The van der Waals surface area contributed by atoms with Crippen molar-refractivity contribution >= 4 is 10.0 Å². The van der Waals surface area contributed by atoms with E-state index in [0.717, 1.165) is 17.0 Å². The lowest BCUT2D eigenvalue weighted by atomic mass is 10.2. The molecule has 4 rings (SSSR count). The highest BCUT2D eigenvalue weighted by Crippen LogP contribution is 2.22. The van der Waals surface area contributed by atoms with Crippen molar-refractivity contribution in [2.24, 2.45) is 0 Å². The first-order valence-corrected chi connectivity index (χ1v) is 11.8. The molecule has 0 bridgehead atoms. The van der Waals surface area contributed by atoms with Crippen molar-refractivity contribution in [3.8, 4) is 5.75 Å². The molecule has 0 atom stereocenters. The van der Waals surface area contributed by atoms with Crippen LogP contribution >= 0.6 is 0 Å². The first-order valence-electron chi connectivity index (χ1n) is 10.3. The van der Waals surface area contributed by atoms with Gasteiger partial charge in [0.25, 0.3) is 0 Å². The minimum Gasteiger partial charge on any atom is -0.489 e. The number of hydrogen-bond acceptors (Lipinski definition) is 6. The Kier molecular flexibility index (Phi) is 6.41. The number of benzene rings is 2. The van der Waals surface area contributed by atoms with Crippen LogP contribution in [-0.2, 0) is 23.2 Å². The van der Waals surface area contributed by atoms with E-state index in [9.17, 15) is 8.42 Å². The second kappa shape index (κ2) is 9.21. The fourth-order valence-electron chi connectivity index (χ4n) is 3.52. The molecule has 2 aromatic carbocycles. The van der Waals surface area contributed by atoms with Crippen LogP contribution in [-0.4, -0.2) is 48.8 Å². The van der Waals surface area contributed by atoms with Crippen molar-refractivity contribution in [3.63, 3.8) is 0 Å². The van der Waals surface area contributed by atoms with Crippen LogP contribution in [0.15, 0.2) is 63.9 Å². The molecule has 1 aliphatic rings. The zero-order valence-corrected chi connectivity index (χ0v) is 18.6. The Labute approximate surface area is 183 Å². The molecular weight excluding hydrogens is 414 g/mol. The van der Waals surface area contributed by atoms with Crippen LogP contribution in [0.25, 0.3) is 0 Å². The van der Waals surface area contributed by atoms with Gasteiger partial charge in [0.2, 0.25) is 15.9 Å². The molecule has 1 saturated heterocycles. The topological polar surface area (TPSA) is 75.9 Å². The first kappa shape index (κ1) is 21.5. The first-order chi connectivity index (χ1) is 14.9. The van der Waals surface area contributed by atoms with Gasteiger partial charge in [-0.15, -0.1) is 0 Å². The molecule has 8 heteroatoms. The van der Waals surface area contributed by atoms with Gasteiger partial charge < -0.3 is 9.15 Å². The van der Waals surface area contributed by atoms with Gasteiger partial charge in [-0.25, -0.2) is 13.4 Å². The van der Waals surface area contributed by atoms with E-state index >= 15 is 0 Å². The summed E-state index contributed by atoms with van der Waals surface area (Å²) in [7, 11) is -3.53. The van der Waals surface area contributed by atoms with E-state index in [1.165, 1.54) is 4.31 Å². The maximum atomic E-state index is 13.0. The fraction of sp³-hybridized carbons (Fsp3) is 0.348. The summed E-state index contributed by atoms with van der Waals surface area (Å²) < 4.78 is 39.0. The van der Waals surface area contributed by atoms with E-state index in [0.29, 0.717) is 51.0 Å². The molecule has 31 heavy (non-hydrogen) atoms. The molecule has 0 saturated carbocycles. The van der Waals surface area contributed by atoms with Crippen LogP contribution in [0.5, 0.6) is 5.75 Å². The number of piperazine rings is 1. The Balaban J connectivity index is 1.33. The van der Waals surface area contributed by atoms with Crippen molar-refractivity contribution < 1.29 is 17.6 Å². The average molecular weight is 442 g/mol. The number of aryl methyl sites for hydroxylation is 2. The number of hydrogen-bond donors (Lipinski definition) is 0. The smallest absolute Gasteiger partial charge is 0.243 e. The SMILES string of the molecule is Cc1nc(CN2CCN(S(=O)(=O)c3ccc(OCc4ccccc4)cc3)CC2)oc1C. The molecule has 0 unspecified atom stereocenters. The predicted octanol–water partition coefficient (Wildman–Crippen LogP) is 3.38. The summed E-state index contributed by atoms with van der Waals surface area (Å²) >= 11 is 0. The van der Waals surface area contributed by atoms with Gasteiger partial charge in [0, 0.05) is 26.2 Å². The normalized spacial score (nSPS) is 15.8. The summed E-state index contributed by atoms with van der Waals surface area (Å²) in [5.41, 5.74) is 1.96. The second-order valence-corrected chi connectivity index (χ2v) is 9.61. The Morgan fingerprint density at radius 3 is 2.26 bits per heavy atom. The predicted molar refractivity (Wildman–Crippen MR) is 117 cm³/mol. The lowest BCUT2D eigenvalue weighted by molar-refractivity contribution is 0.167. The van der Waals surface area contributed by atoms with E-state index < -0.39 is 10.0 Å². The van der Waals surface area contributed by atoms with Gasteiger partial charge in [0.05, 0.1) is 17.1 Å². The molecule has 1 fully saturated rings. The van der Waals surface area contributed by atoms with Crippen molar-refractivity contribution in [2.45, 2.75) is 31.9 Å². The molecule has 0 spiro atoms. The van der Waals surface area contributed by atoms with Crippen molar-refractivity contribution in [3.05, 3.63) is 77.5 Å². The Hall–Kier alpha value is -2.68. The van der Waals surface area contributed by atoms with Crippen molar-refractivity contribution in [2.75, 3.05) is 26.2 Å². The average Bonchev–Trinajstić information content (AvgIpc) is 3.10. The van der Waals surface area contributed by atoms with E-state index in [2.05, 4.69) is 9.88 Å². The molecule has 0 amide bonds. The molecule has 7 nitrogen and oxygen atoms in total. The van der Waals surface area contributed by atoms with Crippen LogP contribution in [0, 0.1) is 13.8 Å². The summed E-state index contributed by atoms with van der Waals surface area (Å²) in [5.74, 6) is 2.15. The zero-order valence-electron chi connectivity index (χ0n) is 17.8. The minimum atomic E-state index is -3.53. The maximum Gasteiger partial charge on any atom is 0.243 e. The molecule has 0 aliphatic carbocycles. The van der Waals surface area contributed by atoms with Crippen molar-refractivity contribution in [1.29, 1.82) is 0 Å². The molecule has 2 heterocycles. The number of ether oxygens (including phenoxy) is 1. The van der Waals surface area contributed by atoms with E-state index in [1.807, 2.05) is 44.2 Å². The number of sulfonamides is 1. The third kappa shape index (κ3) is 5.15. The van der Waals surface area contributed by atoms with Gasteiger partial charge in [-0.1, -0.05) is 30.3 Å². The largest absolute Gasteiger partial charge is 0.489 e. The standard InChI is InChI=1S/C23H27N3O4S/c1-18-19(2)30-23(24-18)16-25-12-14-26(15-13-25)31(27,28)22-10-8-21(9-11-22)29-17-20-6-4-3-5-7-20/h3-11H,12-17H2,1-2H3. The van der Waals surface area contributed by atoms with Gasteiger partial charge in [0.15, 0.2) is 0 Å². The summed E-state index contributed by atoms with van der Waals surface area (Å²) in [6, 6.07) is 16.5. The van der Waals surface area contributed by atoms with Gasteiger partial charge in [0.1, 0.15) is 18.1 Å². The minimum absolute atomic E-state index is 0.284. The quantitative estimate of drug-likeness (QED) is 0.560. The van der Waals surface area contributed by atoms with Gasteiger partial charge in [-0.3, -0.25) is 4.90 Å². The Morgan fingerprint density at radius 1 is 0.968 bits per heavy atom. The number of nitrogens with zero attached hydrogens (tertiary/aromatic N) is 3. The van der Waals surface area contributed by atoms with Crippen LogP contribution in [0.2, 0.25) is 0 Å². The van der Waals surface area contributed by atoms with Crippen LogP contribution in [0.3, 0.4) is 0 Å². The number of rotatable bonds is 7. The molecular formula is C23H27N3O4S. The summed E-state index contributed by atoms with van der Waals surface area (Å²) in [6.07, 6.45) is 0. The van der Waals surface area contributed by atoms with Crippen LogP contribution < -0.4 is 4.74 Å². The van der Waals surface area contributed by atoms with Crippen molar-refractivity contribution in [1.82, 2.24) is 14.2 Å². The summed E-state index contributed by atoms with van der Waals surface area (Å²) in [6.45, 7) is 7.00. The monoisotopic (exact) mass is 441 g/mol. The molecule has 1 aliphatic heterocycles. The Morgan fingerprint density at radius 2 is 1.65 bits per heavy atom. The van der Waals surface area contributed by atoms with E-state index in [4.69, 9.17) is 9.15 Å². The molecule has 1 aromatic heterocycles. The zero-order chi connectivity index (χ0) is 21.8. The van der Waals surface area contributed by atoms with E-state index in [-0.39, 0.29) is 4.90 Å². The lowest BCUT2D eigenvalue weighted by Crippen LogP contribution is -2.48. The summed E-state index contributed by atoms with van der Waals surface area (Å²) in [5, 5.41) is 0. The van der Waals surface area contributed by atoms with Crippen LogP contribution in [0.1, 0.15) is 22.9 Å². The third-order valence-corrected chi connectivity index (χ3v) is 7.39. The lowest BCUT2D eigenvalue weighted by Gasteiger charge is -2.33. The molecule has 0 N–H and O–H groups in total. The van der Waals surface area contributed by atoms with Gasteiger partial charge >= 0.3 is 0 Å². The van der Waals surface area contributed by atoms with E-state index in [1.54, 1.807) is 24.3 Å². The van der Waals surface area contributed by atoms with Gasteiger partial charge in [-0.05, 0) is 43.7 Å². The molecule has 3 aromatic rings. The Bertz CT molecular complexity index is 1080. The highest BCUT2D eigenvalue weighted by molar-refractivity contribution is 7.89. The molecule has 164 valence electrons. The number of oxazole rings is 1. The molecule has 0 radical (unpaired) electrons.